The van der Waals surface area contributed by atoms with Gasteiger partial charge in [0.2, 0.25) is 0 Å². The standard InChI is InChI=1S/C13H14O2S/c1-14-11-8-12(16-3)13(15-2)10-7-5-4-6-9(10)11/h4-8H,1-3H3. The third kappa shape index (κ3) is 1.71. The van der Waals surface area contributed by atoms with Crippen molar-refractivity contribution in [1.82, 2.24) is 0 Å². The topological polar surface area (TPSA) is 18.5 Å². The van der Waals surface area contributed by atoms with Gasteiger partial charge in [-0.2, -0.15) is 0 Å². The zero-order valence-electron chi connectivity index (χ0n) is 9.61. The molecule has 0 heterocycles. The third-order valence-corrected chi connectivity index (χ3v) is 3.31. The van der Waals surface area contributed by atoms with E-state index in [1.54, 1.807) is 26.0 Å². The summed E-state index contributed by atoms with van der Waals surface area (Å²) in [5.41, 5.74) is 0. The third-order valence-electron chi connectivity index (χ3n) is 2.57. The second kappa shape index (κ2) is 4.66. The van der Waals surface area contributed by atoms with Gasteiger partial charge in [0.05, 0.1) is 19.1 Å². The van der Waals surface area contributed by atoms with Crippen molar-refractivity contribution in [3.05, 3.63) is 30.3 Å². The van der Waals surface area contributed by atoms with E-state index in [1.165, 1.54) is 0 Å². The molecule has 2 nitrogen and oxygen atoms in total. The van der Waals surface area contributed by atoms with Gasteiger partial charge in [-0.05, 0) is 12.3 Å². The minimum Gasteiger partial charge on any atom is -0.496 e. The van der Waals surface area contributed by atoms with Gasteiger partial charge in [-0.1, -0.05) is 24.3 Å². The molecule has 0 atom stereocenters. The Morgan fingerprint density at radius 2 is 1.69 bits per heavy atom. The first kappa shape index (κ1) is 11.1. The van der Waals surface area contributed by atoms with E-state index in [2.05, 4.69) is 6.07 Å². The molecule has 0 unspecified atom stereocenters. The molecule has 0 saturated carbocycles. The lowest BCUT2D eigenvalue weighted by molar-refractivity contribution is 0.402. The number of thioether (sulfide) groups is 1. The number of hydrogen-bond donors (Lipinski definition) is 0. The van der Waals surface area contributed by atoms with Crippen LogP contribution in [-0.4, -0.2) is 20.5 Å². The molecule has 0 spiro atoms. The van der Waals surface area contributed by atoms with Crippen LogP contribution in [0.25, 0.3) is 10.8 Å². The Balaban J connectivity index is 2.83. The van der Waals surface area contributed by atoms with Gasteiger partial charge in [-0.3, -0.25) is 0 Å². The maximum absolute atomic E-state index is 5.47. The quantitative estimate of drug-likeness (QED) is 0.756. The van der Waals surface area contributed by atoms with E-state index in [-0.39, 0.29) is 0 Å². The Hall–Kier alpha value is -1.35. The molecule has 0 aliphatic heterocycles. The van der Waals surface area contributed by atoms with Crippen molar-refractivity contribution in [3.63, 3.8) is 0 Å². The number of methoxy groups -OCH3 is 2. The predicted molar refractivity (Wildman–Crippen MR) is 68.8 cm³/mol. The average Bonchev–Trinajstić information content (AvgIpc) is 2.36. The predicted octanol–water partition coefficient (Wildman–Crippen LogP) is 3.58. The lowest BCUT2D eigenvalue weighted by Gasteiger charge is -2.13. The normalized spacial score (nSPS) is 10.4. The summed E-state index contributed by atoms with van der Waals surface area (Å²) in [4.78, 5) is 1.10. The van der Waals surface area contributed by atoms with E-state index < -0.39 is 0 Å². The SMILES string of the molecule is COc1cc(SC)c(OC)c2ccccc12. The van der Waals surface area contributed by atoms with Crippen LogP contribution >= 0.6 is 11.8 Å². The van der Waals surface area contributed by atoms with Crippen LogP contribution in [-0.2, 0) is 0 Å². The zero-order chi connectivity index (χ0) is 11.5. The highest BCUT2D eigenvalue weighted by Gasteiger charge is 2.11. The molecule has 0 aliphatic carbocycles. The molecule has 2 rings (SSSR count). The Morgan fingerprint density at radius 3 is 2.25 bits per heavy atom. The maximum atomic E-state index is 5.47. The molecule has 16 heavy (non-hydrogen) atoms. The molecule has 0 bridgehead atoms. The summed E-state index contributed by atoms with van der Waals surface area (Å²) >= 11 is 1.66. The van der Waals surface area contributed by atoms with Crippen molar-refractivity contribution < 1.29 is 9.47 Å². The first-order valence-corrected chi connectivity index (χ1v) is 6.22. The molecule has 3 heteroatoms. The fraction of sp³-hybridized carbons (Fsp3) is 0.231. The van der Waals surface area contributed by atoms with Crippen LogP contribution in [0.5, 0.6) is 11.5 Å². The number of benzene rings is 2. The van der Waals surface area contributed by atoms with Crippen LogP contribution in [0, 0.1) is 0 Å². The van der Waals surface area contributed by atoms with Gasteiger partial charge in [0, 0.05) is 10.8 Å². The Kier molecular flexibility index (Phi) is 3.25. The highest BCUT2D eigenvalue weighted by atomic mass is 32.2. The van der Waals surface area contributed by atoms with Gasteiger partial charge in [-0.15, -0.1) is 11.8 Å². The highest BCUT2D eigenvalue weighted by Crippen LogP contribution is 2.40. The van der Waals surface area contributed by atoms with Gasteiger partial charge >= 0.3 is 0 Å². The van der Waals surface area contributed by atoms with E-state index in [0.29, 0.717) is 0 Å². The van der Waals surface area contributed by atoms with Crippen molar-refractivity contribution in [2.45, 2.75) is 4.90 Å². The number of hydrogen-bond acceptors (Lipinski definition) is 3. The second-order valence-corrected chi connectivity index (χ2v) is 4.21. The van der Waals surface area contributed by atoms with Gasteiger partial charge in [0.1, 0.15) is 11.5 Å². The molecule has 0 saturated heterocycles. The summed E-state index contributed by atoms with van der Waals surface area (Å²) < 4.78 is 10.9. The van der Waals surface area contributed by atoms with Crippen molar-refractivity contribution >= 4 is 22.5 Å². The summed E-state index contributed by atoms with van der Waals surface area (Å²) in [6.45, 7) is 0. The first-order chi connectivity index (χ1) is 7.81. The zero-order valence-corrected chi connectivity index (χ0v) is 10.4. The molecular formula is C13H14O2S. The molecule has 0 fully saturated rings. The second-order valence-electron chi connectivity index (χ2n) is 3.36. The fourth-order valence-corrected chi connectivity index (χ4v) is 2.43. The van der Waals surface area contributed by atoms with E-state index in [1.807, 2.05) is 30.5 Å². The van der Waals surface area contributed by atoms with Crippen molar-refractivity contribution in [2.75, 3.05) is 20.5 Å². The van der Waals surface area contributed by atoms with Crippen LogP contribution in [0.2, 0.25) is 0 Å². The first-order valence-electron chi connectivity index (χ1n) is 4.99. The van der Waals surface area contributed by atoms with Gasteiger partial charge in [0.15, 0.2) is 0 Å². The van der Waals surface area contributed by atoms with E-state index in [4.69, 9.17) is 9.47 Å². The number of fused-ring (bicyclic) bond motifs is 1. The molecular weight excluding hydrogens is 220 g/mol. The maximum Gasteiger partial charge on any atom is 0.140 e. The van der Waals surface area contributed by atoms with Crippen LogP contribution < -0.4 is 9.47 Å². The summed E-state index contributed by atoms with van der Waals surface area (Å²) in [7, 11) is 3.40. The average molecular weight is 234 g/mol. The summed E-state index contributed by atoms with van der Waals surface area (Å²) in [5, 5.41) is 2.17. The molecule has 84 valence electrons. The molecule has 0 N–H and O–H groups in total. The van der Waals surface area contributed by atoms with Gasteiger partial charge in [-0.25, -0.2) is 0 Å². The minimum atomic E-state index is 0.890. The van der Waals surface area contributed by atoms with Gasteiger partial charge < -0.3 is 9.47 Å². The van der Waals surface area contributed by atoms with Gasteiger partial charge in [0.25, 0.3) is 0 Å². The van der Waals surface area contributed by atoms with E-state index >= 15 is 0 Å². The molecule has 0 radical (unpaired) electrons. The smallest absolute Gasteiger partial charge is 0.140 e. The molecule has 0 aliphatic rings. The summed E-state index contributed by atoms with van der Waals surface area (Å²) in [5.74, 6) is 1.81. The highest BCUT2D eigenvalue weighted by molar-refractivity contribution is 7.98. The molecule has 2 aromatic rings. The Labute approximate surface area is 99.6 Å². The van der Waals surface area contributed by atoms with E-state index in [9.17, 15) is 0 Å². The van der Waals surface area contributed by atoms with Crippen molar-refractivity contribution in [3.8, 4) is 11.5 Å². The van der Waals surface area contributed by atoms with Crippen LogP contribution in [0.3, 0.4) is 0 Å². The summed E-state index contributed by atoms with van der Waals surface area (Å²) in [6, 6.07) is 10.1. The lowest BCUT2D eigenvalue weighted by Crippen LogP contribution is -1.91. The minimum absolute atomic E-state index is 0.890. The van der Waals surface area contributed by atoms with Crippen LogP contribution in [0.4, 0.5) is 0 Å². The molecule has 0 amide bonds. The van der Waals surface area contributed by atoms with Crippen molar-refractivity contribution in [2.24, 2.45) is 0 Å². The molecule has 0 aromatic heterocycles. The monoisotopic (exact) mass is 234 g/mol. The lowest BCUT2D eigenvalue weighted by atomic mass is 10.1. The van der Waals surface area contributed by atoms with Crippen LogP contribution in [0.15, 0.2) is 35.2 Å². The molecule has 2 aromatic carbocycles. The summed E-state index contributed by atoms with van der Waals surface area (Å²) in [6.07, 6.45) is 2.03. The number of ether oxygens (including phenoxy) is 2. The Bertz CT molecular complexity index is 509. The van der Waals surface area contributed by atoms with E-state index in [0.717, 1.165) is 27.2 Å². The fourth-order valence-electron chi connectivity index (χ4n) is 1.82. The number of rotatable bonds is 3. The van der Waals surface area contributed by atoms with Crippen molar-refractivity contribution in [1.29, 1.82) is 0 Å². The largest absolute Gasteiger partial charge is 0.496 e. The Morgan fingerprint density at radius 1 is 1.00 bits per heavy atom. The van der Waals surface area contributed by atoms with Crippen LogP contribution in [0.1, 0.15) is 0 Å².